The van der Waals surface area contributed by atoms with Crippen molar-refractivity contribution in [2.24, 2.45) is 5.73 Å². The van der Waals surface area contributed by atoms with Gasteiger partial charge >= 0.3 is 0 Å². The van der Waals surface area contributed by atoms with Crippen molar-refractivity contribution in [1.29, 1.82) is 0 Å². The highest BCUT2D eigenvalue weighted by Gasteiger charge is 2.44. The van der Waals surface area contributed by atoms with Gasteiger partial charge in [0.1, 0.15) is 17.2 Å². The van der Waals surface area contributed by atoms with Gasteiger partial charge in [-0.2, -0.15) is 0 Å². The molecule has 28 heavy (non-hydrogen) atoms. The first-order chi connectivity index (χ1) is 13.4. The van der Waals surface area contributed by atoms with Crippen LogP contribution in [0.1, 0.15) is 25.0 Å². The molecule has 0 amide bonds. The van der Waals surface area contributed by atoms with Crippen LogP contribution in [0.25, 0.3) is 0 Å². The van der Waals surface area contributed by atoms with E-state index < -0.39 is 5.41 Å². The Morgan fingerprint density at radius 1 is 1.11 bits per heavy atom. The number of rotatable bonds is 1. The largest absolute Gasteiger partial charge is 0.508 e. The maximum atomic E-state index is 10.1. The number of morpholine rings is 1. The van der Waals surface area contributed by atoms with Crippen molar-refractivity contribution in [2.45, 2.75) is 24.9 Å². The van der Waals surface area contributed by atoms with Crippen LogP contribution < -0.4 is 20.7 Å². The smallest absolute Gasteiger partial charge is 0.132 e. The quantitative estimate of drug-likeness (QED) is 0.707. The summed E-state index contributed by atoms with van der Waals surface area (Å²) in [6, 6.07) is 11.6. The van der Waals surface area contributed by atoms with Crippen LogP contribution in [-0.4, -0.2) is 36.9 Å². The maximum absolute atomic E-state index is 10.1. The zero-order valence-corrected chi connectivity index (χ0v) is 16.2. The molecule has 1 saturated heterocycles. The SMILES string of the molecule is CC1(C)CN(c2ccc3c(c2)[C@]2(C=C(N)NC2)c2cc(O)ccc2O3)CCO1. The summed E-state index contributed by atoms with van der Waals surface area (Å²) in [6.45, 7) is 7.24. The molecule has 4 N–H and O–H groups in total. The third-order valence-corrected chi connectivity index (χ3v) is 5.87. The van der Waals surface area contributed by atoms with Gasteiger partial charge in [-0.25, -0.2) is 0 Å². The third kappa shape index (κ3) is 2.59. The van der Waals surface area contributed by atoms with Crippen LogP contribution in [-0.2, 0) is 10.2 Å². The molecule has 1 fully saturated rings. The lowest BCUT2D eigenvalue weighted by Gasteiger charge is -2.41. The predicted molar refractivity (Wildman–Crippen MR) is 108 cm³/mol. The standard InChI is InChI=1S/C22H25N3O3/c1-21(2)13-25(7-8-27-21)14-3-5-18-16(9-14)22(11-20(23)24-12-22)17-10-15(26)4-6-19(17)28-18/h3-6,9-11,24,26H,7-8,12-13,23H2,1-2H3/t22-/m1/s1. The second-order valence-electron chi connectivity index (χ2n) is 8.42. The lowest BCUT2D eigenvalue weighted by molar-refractivity contribution is -0.0276. The Hall–Kier alpha value is -2.86. The van der Waals surface area contributed by atoms with Crippen molar-refractivity contribution in [2.75, 3.05) is 31.1 Å². The van der Waals surface area contributed by atoms with E-state index in [2.05, 4.69) is 36.2 Å². The summed E-state index contributed by atoms with van der Waals surface area (Å²) in [5.41, 5.74) is 8.60. The molecule has 6 nitrogen and oxygen atoms in total. The van der Waals surface area contributed by atoms with Crippen molar-refractivity contribution in [1.82, 2.24) is 5.32 Å². The van der Waals surface area contributed by atoms with Gasteiger partial charge in [-0.3, -0.25) is 0 Å². The van der Waals surface area contributed by atoms with Crippen molar-refractivity contribution in [3.63, 3.8) is 0 Å². The number of anilines is 1. The van der Waals surface area contributed by atoms with E-state index in [1.807, 2.05) is 18.2 Å². The Bertz CT molecular complexity index is 985. The number of phenols is 1. The summed E-state index contributed by atoms with van der Waals surface area (Å²) < 4.78 is 12.1. The number of nitrogens with one attached hydrogen (secondary N) is 1. The van der Waals surface area contributed by atoms with Gasteiger partial charge in [-0.1, -0.05) is 0 Å². The molecule has 3 aliphatic rings. The van der Waals surface area contributed by atoms with Crippen molar-refractivity contribution < 1.29 is 14.6 Å². The fourth-order valence-corrected chi connectivity index (χ4v) is 4.56. The van der Waals surface area contributed by atoms with Gasteiger partial charge in [-0.05, 0) is 56.3 Å². The third-order valence-electron chi connectivity index (χ3n) is 5.87. The second-order valence-corrected chi connectivity index (χ2v) is 8.42. The number of ether oxygens (including phenoxy) is 2. The molecule has 3 aliphatic heterocycles. The van der Waals surface area contributed by atoms with Crippen LogP contribution >= 0.6 is 0 Å². The van der Waals surface area contributed by atoms with E-state index >= 15 is 0 Å². The van der Waals surface area contributed by atoms with E-state index in [1.165, 1.54) is 0 Å². The first kappa shape index (κ1) is 17.3. The molecule has 1 atom stereocenters. The molecule has 0 unspecified atom stereocenters. The topological polar surface area (TPSA) is 80.0 Å². The highest BCUT2D eigenvalue weighted by molar-refractivity contribution is 5.67. The lowest BCUT2D eigenvalue weighted by Crippen LogP contribution is -2.48. The van der Waals surface area contributed by atoms with E-state index in [0.29, 0.717) is 19.0 Å². The molecule has 2 aromatic rings. The molecule has 0 radical (unpaired) electrons. The monoisotopic (exact) mass is 379 g/mol. The van der Waals surface area contributed by atoms with Crippen LogP contribution in [0.5, 0.6) is 17.2 Å². The molecule has 0 aromatic heterocycles. The number of hydrogen-bond acceptors (Lipinski definition) is 6. The van der Waals surface area contributed by atoms with Gasteiger partial charge in [0.25, 0.3) is 0 Å². The van der Waals surface area contributed by atoms with E-state index in [9.17, 15) is 5.11 Å². The number of phenolic OH excluding ortho intramolecular Hbond substituents is 1. The maximum Gasteiger partial charge on any atom is 0.132 e. The molecular formula is C22H25N3O3. The van der Waals surface area contributed by atoms with Gasteiger partial charge in [-0.15, -0.1) is 0 Å². The number of nitrogens with zero attached hydrogens (tertiary/aromatic N) is 1. The van der Waals surface area contributed by atoms with Gasteiger partial charge in [0.15, 0.2) is 0 Å². The van der Waals surface area contributed by atoms with Crippen LogP contribution in [0.2, 0.25) is 0 Å². The molecule has 5 rings (SSSR count). The van der Waals surface area contributed by atoms with Crippen molar-refractivity contribution in [3.8, 4) is 17.2 Å². The van der Waals surface area contributed by atoms with Gasteiger partial charge in [0.05, 0.1) is 23.4 Å². The number of hydrogen-bond donors (Lipinski definition) is 3. The first-order valence-electron chi connectivity index (χ1n) is 9.63. The predicted octanol–water partition coefficient (Wildman–Crippen LogP) is 2.80. The average molecular weight is 379 g/mol. The van der Waals surface area contributed by atoms with Crippen molar-refractivity contribution in [3.05, 3.63) is 59.4 Å². The number of fused-ring (bicyclic) bond motifs is 4. The Kier molecular flexibility index (Phi) is 3.58. The van der Waals surface area contributed by atoms with E-state index in [-0.39, 0.29) is 11.4 Å². The fourth-order valence-electron chi connectivity index (χ4n) is 4.56. The van der Waals surface area contributed by atoms with E-state index in [4.69, 9.17) is 15.2 Å². The van der Waals surface area contributed by atoms with Crippen LogP contribution in [0.3, 0.4) is 0 Å². The molecule has 0 saturated carbocycles. The molecule has 1 spiro atoms. The normalized spacial score (nSPS) is 24.8. The molecule has 2 aromatic carbocycles. The zero-order valence-electron chi connectivity index (χ0n) is 16.2. The summed E-state index contributed by atoms with van der Waals surface area (Å²) in [4.78, 5) is 2.35. The Labute approximate surface area is 164 Å². The molecular weight excluding hydrogens is 354 g/mol. The second kappa shape index (κ2) is 5.82. The number of aromatic hydroxyl groups is 1. The fraction of sp³-hybridized carbons (Fsp3) is 0.364. The van der Waals surface area contributed by atoms with Crippen LogP contribution in [0.15, 0.2) is 48.3 Å². The molecule has 0 bridgehead atoms. The lowest BCUT2D eigenvalue weighted by atomic mass is 9.73. The summed E-state index contributed by atoms with van der Waals surface area (Å²) >= 11 is 0. The van der Waals surface area contributed by atoms with Gasteiger partial charge < -0.3 is 30.5 Å². The molecule has 6 heteroatoms. The zero-order chi connectivity index (χ0) is 19.5. The highest BCUT2D eigenvalue weighted by Crippen LogP contribution is 2.52. The Morgan fingerprint density at radius 3 is 2.57 bits per heavy atom. The van der Waals surface area contributed by atoms with E-state index in [1.54, 1.807) is 12.1 Å². The van der Waals surface area contributed by atoms with Crippen LogP contribution in [0, 0.1) is 0 Å². The summed E-state index contributed by atoms with van der Waals surface area (Å²) in [5.74, 6) is 2.43. The van der Waals surface area contributed by atoms with Crippen molar-refractivity contribution >= 4 is 5.69 Å². The van der Waals surface area contributed by atoms with Gasteiger partial charge in [0.2, 0.25) is 0 Å². The number of nitrogens with two attached hydrogens (primary N) is 1. The molecule has 3 heterocycles. The Balaban J connectivity index is 1.64. The minimum Gasteiger partial charge on any atom is -0.508 e. The number of benzene rings is 2. The molecule has 146 valence electrons. The average Bonchev–Trinajstić information content (AvgIpc) is 3.04. The minimum atomic E-state index is -0.469. The Morgan fingerprint density at radius 2 is 1.86 bits per heavy atom. The van der Waals surface area contributed by atoms with Gasteiger partial charge in [0, 0.05) is 36.4 Å². The molecule has 0 aliphatic carbocycles. The van der Waals surface area contributed by atoms with E-state index in [0.717, 1.165) is 41.4 Å². The minimum absolute atomic E-state index is 0.181. The highest BCUT2D eigenvalue weighted by atomic mass is 16.5. The summed E-state index contributed by atoms with van der Waals surface area (Å²) in [7, 11) is 0. The summed E-state index contributed by atoms with van der Waals surface area (Å²) in [5, 5.41) is 13.4. The summed E-state index contributed by atoms with van der Waals surface area (Å²) in [6.07, 6.45) is 2.04. The first-order valence-corrected chi connectivity index (χ1v) is 9.63. The van der Waals surface area contributed by atoms with Crippen LogP contribution in [0.4, 0.5) is 5.69 Å².